The molecule has 0 aliphatic heterocycles. The van der Waals surface area contributed by atoms with E-state index in [1.807, 2.05) is 59.2 Å². The lowest BCUT2D eigenvalue weighted by atomic mass is 10.2. The van der Waals surface area contributed by atoms with Crippen LogP contribution in [0.15, 0.2) is 72.8 Å². The lowest BCUT2D eigenvalue weighted by Gasteiger charge is -2.11. The summed E-state index contributed by atoms with van der Waals surface area (Å²) < 4.78 is 7.70. The lowest BCUT2D eigenvalue weighted by Crippen LogP contribution is -2.03. The summed E-state index contributed by atoms with van der Waals surface area (Å²) in [5.41, 5.74) is 3.33. The van der Waals surface area contributed by atoms with Crippen LogP contribution in [0.3, 0.4) is 0 Å². The summed E-state index contributed by atoms with van der Waals surface area (Å²) in [4.78, 5) is 26.3. The standard InChI is InChI=1S/C25H23N3O5/c29-24(30)8-4-5-15-33-21-12-9-19(10-13-21)25-26-22-14-11-20(28(31)32)16-23(22)27(25)17-18-6-2-1-3-7-18/h1-3,6-7,9-14,16H,4-5,8,15,17H2,(H,29,30). The zero-order chi connectivity index (χ0) is 23.2. The summed E-state index contributed by atoms with van der Waals surface area (Å²) in [5, 5.41) is 20.0. The van der Waals surface area contributed by atoms with E-state index in [9.17, 15) is 14.9 Å². The zero-order valence-corrected chi connectivity index (χ0v) is 17.9. The number of nitro benzene ring substituents is 1. The van der Waals surface area contributed by atoms with Crippen LogP contribution in [-0.2, 0) is 11.3 Å². The average molecular weight is 445 g/mol. The monoisotopic (exact) mass is 445 g/mol. The summed E-state index contributed by atoms with van der Waals surface area (Å²) >= 11 is 0. The van der Waals surface area contributed by atoms with Crippen LogP contribution in [0.25, 0.3) is 22.4 Å². The van der Waals surface area contributed by atoms with Gasteiger partial charge in [-0.2, -0.15) is 0 Å². The molecule has 0 fully saturated rings. The molecule has 0 unspecified atom stereocenters. The van der Waals surface area contributed by atoms with Gasteiger partial charge in [0.1, 0.15) is 11.6 Å². The molecular formula is C25H23N3O5. The predicted octanol–water partition coefficient (Wildman–Crippen LogP) is 5.29. The highest BCUT2D eigenvalue weighted by atomic mass is 16.6. The van der Waals surface area contributed by atoms with Crippen LogP contribution in [0.5, 0.6) is 5.75 Å². The molecule has 0 saturated carbocycles. The van der Waals surface area contributed by atoms with E-state index >= 15 is 0 Å². The molecule has 3 aromatic carbocycles. The molecule has 8 heteroatoms. The Hall–Kier alpha value is -4.20. The van der Waals surface area contributed by atoms with Gasteiger partial charge in [0.25, 0.3) is 5.69 Å². The first kappa shape index (κ1) is 22.0. The SMILES string of the molecule is O=C(O)CCCCOc1ccc(-c2nc3ccc([N+](=O)[O-])cc3n2Cc2ccccc2)cc1. The van der Waals surface area contributed by atoms with Crippen molar-refractivity contribution < 1.29 is 19.6 Å². The van der Waals surface area contributed by atoms with Gasteiger partial charge in [-0.3, -0.25) is 14.9 Å². The van der Waals surface area contributed by atoms with E-state index in [-0.39, 0.29) is 12.1 Å². The third-order valence-corrected chi connectivity index (χ3v) is 5.29. The van der Waals surface area contributed by atoms with Gasteiger partial charge in [0, 0.05) is 30.7 Å². The van der Waals surface area contributed by atoms with Crippen LogP contribution in [0.2, 0.25) is 0 Å². The molecule has 1 aromatic heterocycles. The number of ether oxygens (including phenoxy) is 1. The molecule has 0 aliphatic rings. The number of fused-ring (bicyclic) bond motifs is 1. The number of aliphatic carboxylic acids is 1. The van der Waals surface area contributed by atoms with Gasteiger partial charge in [0.05, 0.1) is 22.6 Å². The van der Waals surface area contributed by atoms with Gasteiger partial charge in [0.15, 0.2) is 0 Å². The van der Waals surface area contributed by atoms with E-state index in [1.54, 1.807) is 12.1 Å². The van der Waals surface area contributed by atoms with Crippen molar-refractivity contribution in [2.45, 2.75) is 25.8 Å². The minimum absolute atomic E-state index is 0.0231. The number of imidazole rings is 1. The molecule has 1 heterocycles. The van der Waals surface area contributed by atoms with Gasteiger partial charge in [-0.05, 0) is 48.7 Å². The predicted molar refractivity (Wildman–Crippen MR) is 124 cm³/mol. The fourth-order valence-electron chi connectivity index (χ4n) is 3.64. The highest BCUT2D eigenvalue weighted by molar-refractivity contribution is 5.83. The molecule has 0 saturated heterocycles. The molecule has 0 radical (unpaired) electrons. The molecule has 4 rings (SSSR count). The highest BCUT2D eigenvalue weighted by Crippen LogP contribution is 2.29. The number of unbranched alkanes of at least 4 members (excludes halogenated alkanes) is 1. The first-order chi connectivity index (χ1) is 16.0. The van der Waals surface area contributed by atoms with Gasteiger partial charge in [-0.25, -0.2) is 4.98 Å². The smallest absolute Gasteiger partial charge is 0.303 e. The van der Waals surface area contributed by atoms with Crippen molar-refractivity contribution in [3.05, 3.63) is 88.5 Å². The normalized spacial score (nSPS) is 10.9. The van der Waals surface area contributed by atoms with Gasteiger partial charge in [-0.1, -0.05) is 30.3 Å². The molecule has 0 amide bonds. The maximum atomic E-state index is 11.3. The van der Waals surface area contributed by atoms with Gasteiger partial charge < -0.3 is 14.4 Å². The Kier molecular flexibility index (Phi) is 6.64. The van der Waals surface area contributed by atoms with Gasteiger partial charge in [0.2, 0.25) is 0 Å². The van der Waals surface area contributed by atoms with Crippen LogP contribution in [0.4, 0.5) is 5.69 Å². The lowest BCUT2D eigenvalue weighted by molar-refractivity contribution is -0.384. The van der Waals surface area contributed by atoms with Crippen molar-refractivity contribution in [2.75, 3.05) is 6.61 Å². The van der Waals surface area contributed by atoms with Crippen molar-refractivity contribution >= 4 is 22.7 Å². The Labute approximate surface area is 190 Å². The van der Waals surface area contributed by atoms with Crippen LogP contribution in [0, 0.1) is 10.1 Å². The Balaban J connectivity index is 1.61. The molecule has 0 spiro atoms. The quantitative estimate of drug-likeness (QED) is 0.202. The maximum Gasteiger partial charge on any atom is 0.303 e. The van der Waals surface area contributed by atoms with E-state index in [4.69, 9.17) is 14.8 Å². The molecule has 8 nitrogen and oxygen atoms in total. The van der Waals surface area contributed by atoms with Crippen LogP contribution in [0.1, 0.15) is 24.8 Å². The second kappa shape index (κ2) is 9.95. The van der Waals surface area contributed by atoms with E-state index in [1.165, 1.54) is 6.07 Å². The fraction of sp³-hybridized carbons (Fsp3) is 0.200. The fourth-order valence-corrected chi connectivity index (χ4v) is 3.64. The number of hydrogen-bond donors (Lipinski definition) is 1. The molecule has 0 atom stereocenters. The van der Waals surface area contributed by atoms with Gasteiger partial charge in [-0.15, -0.1) is 0 Å². The van der Waals surface area contributed by atoms with Crippen LogP contribution in [-0.4, -0.2) is 32.2 Å². The molecule has 1 N–H and O–H groups in total. The number of carbonyl (C=O) groups is 1. The number of rotatable bonds is 10. The Morgan fingerprint density at radius 3 is 2.48 bits per heavy atom. The minimum Gasteiger partial charge on any atom is -0.494 e. The van der Waals surface area contributed by atoms with Crippen LogP contribution >= 0.6 is 0 Å². The maximum absolute atomic E-state index is 11.3. The molecule has 0 aliphatic carbocycles. The van der Waals surface area contributed by atoms with E-state index in [2.05, 4.69) is 0 Å². The highest BCUT2D eigenvalue weighted by Gasteiger charge is 2.16. The minimum atomic E-state index is -0.803. The van der Waals surface area contributed by atoms with E-state index in [0.29, 0.717) is 48.6 Å². The summed E-state index contributed by atoms with van der Waals surface area (Å²) in [6.07, 6.45) is 1.38. The third-order valence-electron chi connectivity index (χ3n) is 5.29. The third kappa shape index (κ3) is 5.35. The number of nitrogens with zero attached hydrogens (tertiary/aromatic N) is 3. The number of hydrogen-bond acceptors (Lipinski definition) is 5. The largest absolute Gasteiger partial charge is 0.494 e. The first-order valence-corrected chi connectivity index (χ1v) is 10.6. The summed E-state index contributed by atoms with van der Waals surface area (Å²) in [6.45, 7) is 0.971. The molecule has 0 bridgehead atoms. The summed E-state index contributed by atoms with van der Waals surface area (Å²) in [5.74, 6) is 0.598. The zero-order valence-electron chi connectivity index (χ0n) is 17.9. The van der Waals surface area contributed by atoms with E-state index in [0.717, 1.165) is 11.1 Å². The molecule has 4 aromatic rings. The summed E-state index contributed by atoms with van der Waals surface area (Å²) in [6, 6.07) is 22.1. The second-order valence-corrected chi connectivity index (χ2v) is 7.66. The number of benzene rings is 3. The molecule has 33 heavy (non-hydrogen) atoms. The Bertz CT molecular complexity index is 1270. The first-order valence-electron chi connectivity index (χ1n) is 10.6. The number of carboxylic acids is 1. The number of nitro groups is 1. The van der Waals surface area contributed by atoms with Crippen LogP contribution < -0.4 is 4.74 Å². The van der Waals surface area contributed by atoms with Crippen molar-refractivity contribution in [3.8, 4) is 17.1 Å². The average Bonchev–Trinajstić information content (AvgIpc) is 3.17. The van der Waals surface area contributed by atoms with Crippen molar-refractivity contribution in [3.63, 3.8) is 0 Å². The molecule has 168 valence electrons. The van der Waals surface area contributed by atoms with Crippen molar-refractivity contribution in [1.82, 2.24) is 9.55 Å². The second-order valence-electron chi connectivity index (χ2n) is 7.66. The number of carboxylic acid groups (broad SMARTS) is 1. The van der Waals surface area contributed by atoms with Crippen molar-refractivity contribution in [2.24, 2.45) is 0 Å². The Morgan fingerprint density at radius 2 is 1.79 bits per heavy atom. The van der Waals surface area contributed by atoms with Crippen molar-refractivity contribution in [1.29, 1.82) is 0 Å². The number of aromatic nitrogens is 2. The Morgan fingerprint density at radius 1 is 1.03 bits per heavy atom. The van der Waals surface area contributed by atoms with Gasteiger partial charge >= 0.3 is 5.97 Å². The molecular weight excluding hydrogens is 422 g/mol. The summed E-state index contributed by atoms with van der Waals surface area (Å²) in [7, 11) is 0. The topological polar surface area (TPSA) is 107 Å². The number of non-ortho nitro benzene ring substituents is 1. The van der Waals surface area contributed by atoms with E-state index < -0.39 is 10.9 Å².